The minimum absolute atomic E-state index is 0.00413. The predicted octanol–water partition coefficient (Wildman–Crippen LogP) is 2.75. The molecule has 0 amide bonds. The standard InChI is InChI=1S/C16H21N3O3S/c1-3-5-10-19-15(21)17-18-16(19)23-11-14(20)12-6-8-13(9-7-12)22-4-2/h6-9H,3-5,10-11H2,1-2H3,(H,17,21). The van der Waals surface area contributed by atoms with Crippen molar-refractivity contribution in [1.82, 2.24) is 14.8 Å². The molecule has 7 heteroatoms. The molecule has 1 aromatic carbocycles. The van der Waals surface area contributed by atoms with Gasteiger partial charge in [0.2, 0.25) is 0 Å². The zero-order chi connectivity index (χ0) is 16.7. The number of carbonyl (C=O) groups excluding carboxylic acids is 1. The second-order valence-corrected chi connectivity index (χ2v) is 5.93. The maximum absolute atomic E-state index is 12.2. The van der Waals surface area contributed by atoms with E-state index in [-0.39, 0.29) is 17.2 Å². The lowest BCUT2D eigenvalue weighted by Crippen LogP contribution is -2.18. The van der Waals surface area contributed by atoms with Gasteiger partial charge in [-0.15, -0.1) is 5.10 Å². The van der Waals surface area contributed by atoms with Crippen LogP contribution in [-0.4, -0.2) is 32.9 Å². The Balaban J connectivity index is 1.97. The molecule has 0 saturated heterocycles. The lowest BCUT2D eigenvalue weighted by molar-refractivity contribution is 0.102. The minimum Gasteiger partial charge on any atom is -0.494 e. The summed E-state index contributed by atoms with van der Waals surface area (Å²) in [4.78, 5) is 23.9. The number of ether oxygens (including phenoxy) is 1. The first-order valence-electron chi connectivity index (χ1n) is 7.69. The number of ketones is 1. The van der Waals surface area contributed by atoms with E-state index in [0.29, 0.717) is 23.9 Å². The van der Waals surface area contributed by atoms with E-state index < -0.39 is 0 Å². The van der Waals surface area contributed by atoms with Gasteiger partial charge in [0.25, 0.3) is 0 Å². The molecular formula is C16H21N3O3S. The van der Waals surface area contributed by atoms with Crippen molar-refractivity contribution in [3.63, 3.8) is 0 Å². The number of rotatable bonds is 9. The minimum atomic E-state index is -0.227. The first-order chi connectivity index (χ1) is 11.2. The van der Waals surface area contributed by atoms with E-state index in [9.17, 15) is 9.59 Å². The third kappa shape index (κ3) is 4.72. The van der Waals surface area contributed by atoms with Crippen molar-refractivity contribution < 1.29 is 9.53 Å². The van der Waals surface area contributed by atoms with Crippen LogP contribution in [0.1, 0.15) is 37.0 Å². The molecule has 0 fully saturated rings. The number of H-pyrrole nitrogens is 1. The number of hydrogen-bond acceptors (Lipinski definition) is 5. The van der Waals surface area contributed by atoms with E-state index in [4.69, 9.17) is 4.74 Å². The molecule has 2 aromatic rings. The smallest absolute Gasteiger partial charge is 0.343 e. The maximum Gasteiger partial charge on any atom is 0.343 e. The van der Waals surface area contributed by atoms with Crippen molar-refractivity contribution >= 4 is 17.5 Å². The van der Waals surface area contributed by atoms with Crippen molar-refractivity contribution in [3.8, 4) is 5.75 Å². The molecule has 6 nitrogen and oxygen atoms in total. The van der Waals surface area contributed by atoms with Gasteiger partial charge in [0.05, 0.1) is 12.4 Å². The summed E-state index contributed by atoms with van der Waals surface area (Å²) in [5.74, 6) is 0.984. The zero-order valence-electron chi connectivity index (χ0n) is 13.4. The number of nitrogens with zero attached hydrogens (tertiary/aromatic N) is 2. The van der Waals surface area contributed by atoms with Crippen LogP contribution in [0.5, 0.6) is 5.75 Å². The van der Waals surface area contributed by atoms with E-state index in [1.165, 1.54) is 11.8 Å². The molecule has 0 unspecified atom stereocenters. The highest BCUT2D eigenvalue weighted by Gasteiger charge is 2.12. The average Bonchev–Trinajstić information content (AvgIpc) is 2.91. The third-order valence-corrected chi connectivity index (χ3v) is 4.25. The Morgan fingerprint density at radius 1 is 1.30 bits per heavy atom. The molecule has 0 radical (unpaired) electrons. The summed E-state index contributed by atoms with van der Waals surface area (Å²) < 4.78 is 6.94. The van der Waals surface area contributed by atoms with E-state index in [2.05, 4.69) is 17.1 Å². The zero-order valence-corrected chi connectivity index (χ0v) is 14.2. The molecule has 0 atom stereocenters. The number of benzene rings is 1. The average molecular weight is 335 g/mol. The molecule has 0 aliphatic rings. The normalized spacial score (nSPS) is 10.7. The van der Waals surface area contributed by atoms with Gasteiger partial charge in [-0.3, -0.25) is 9.36 Å². The number of thioether (sulfide) groups is 1. The molecule has 0 aliphatic heterocycles. The number of nitrogens with one attached hydrogen (secondary N) is 1. The van der Waals surface area contributed by atoms with Gasteiger partial charge in [0, 0.05) is 12.1 Å². The van der Waals surface area contributed by atoms with E-state index >= 15 is 0 Å². The molecule has 2 rings (SSSR count). The Hall–Kier alpha value is -2.02. The second-order valence-electron chi connectivity index (χ2n) is 4.99. The number of Topliss-reactive ketones (excluding diaryl/α,β-unsaturated/α-hetero) is 1. The molecule has 1 aromatic heterocycles. The van der Waals surface area contributed by atoms with Crippen molar-refractivity contribution in [1.29, 1.82) is 0 Å². The van der Waals surface area contributed by atoms with Crippen molar-refractivity contribution in [2.75, 3.05) is 12.4 Å². The highest BCUT2D eigenvalue weighted by Crippen LogP contribution is 2.18. The number of hydrogen-bond donors (Lipinski definition) is 1. The SMILES string of the molecule is CCCCn1c(SCC(=O)c2ccc(OCC)cc2)n[nH]c1=O. The van der Waals surface area contributed by atoms with Gasteiger partial charge in [0.1, 0.15) is 5.75 Å². The van der Waals surface area contributed by atoms with Crippen LogP contribution in [0.2, 0.25) is 0 Å². The van der Waals surface area contributed by atoms with Gasteiger partial charge in [-0.25, -0.2) is 9.89 Å². The molecule has 124 valence electrons. The molecule has 1 heterocycles. The lowest BCUT2D eigenvalue weighted by Gasteiger charge is -2.05. The molecule has 0 aliphatic carbocycles. The van der Waals surface area contributed by atoms with Crippen LogP contribution in [0.15, 0.2) is 34.2 Å². The monoisotopic (exact) mass is 335 g/mol. The van der Waals surface area contributed by atoms with Gasteiger partial charge in [-0.1, -0.05) is 25.1 Å². The molecule has 0 spiro atoms. The van der Waals surface area contributed by atoms with Crippen LogP contribution in [0.4, 0.5) is 0 Å². The van der Waals surface area contributed by atoms with Crippen molar-refractivity contribution in [2.24, 2.45) is 0 Å². The van der Waals surface area contributed by atoms with Gasteiger partial charge in [-0.2, -0.15) is 0 Å². The van der Waals surface area contributed by atoms with E-state index in [0.717, 1.165) is 18.6 Å². The summed E-state index contributed by atoms with van der Waals surface area (Å²) in [6.45, 7) is 5.19. The molecule has 1 N–H and O–H groups in total. The number of aromatic amines is 1. The Kier molecular flexibility index (Phi) is 6.46. The summed E-state index contributed by atoms with van der Waals surface area (Å²) in [5.41, 5.74) is 0.397. The number of unbranched alkanes of at least 4 members (excludes halogenated alkanes) is 1. The number of aromatic nitrogens is 3. The third-order valence-electron chi connectivity index (χ3n) is 3.28. The highest BCUT2D eigenvalue weighted by atomic mass is 32.2. The topological polar surface area (TPSA) is 77.0 Å². The summed E-state index contributed by atoms with van der Waals surface area (Å²) >= 11 is 1.28. The molecule has 23 heavy (non-hydrogen) atoms. The fourth-order valence-electron chi connectivity index (χ4n) is 2.04. The van der Waals surface area contributed by atoms with Gasteiger partial charge in [0.15, 0.2) is 10.9 Å². The van der Waals surface area contributed by atoms with Gasteiger partial charge >= 0.3 is 5.69 Å². The Morgan fingerprint density at radius 2 is 2.04 bits per heavy atom. The summed E-state index contributed by atoms with van der Waals surface area (Å²) in [5, 5.41) is 6.99. The van der Waals surface area contributed by atoms with E-state index in [1.54, 1.807) is 28.8 Å². The fraction of sp³-hybridized carbons (Fsp3) is 0.438. The van der Waals surface area contributed by atoms with Crippen LogP contribution in [-0.2, 0) is 6.54 Å². The summed E-state index contributed by atoms with van der Waals surface area (Å²) in [6, 6.07) is 7.07. The Morgan fingerprint density at radius 3 is 2.70 bits per heavy atom. The summed E-state index contributed by atoms with van der Waals surface area (Å²) in [7, 11) is 0. The first kappa shape index (κ1) is 17.3. The van der Waals surface area contributed by atoms with Crippen LogP contribution >= 0.6 is 11.8 Å². The Bertz CT molecular complexity index is 691. The van der Waals surface area contributed by atoms with Crippen LogP contribution in [0, 0.1) is 0 Å². The van der Waals surface area contributed by atoms with Gasteiger partial charge < -0.3 is 4.74 Å². The van der Waals surface area contributed by atoms with E-state index in [1.807, 2.05) is 6.92 Å². The molecule has 0 saturated carbocycles. The lowest BCUT2D eigenvalue weighted by atomic mass is 10.1. The quantitative estimate of drug-likeness (QED) is 0.563. The highest BCUT2D eigenvalue weighted by molar-refractivity contribution is 7.99. The van der Waals surface area contributed by atoms with Crippen molar-refractivity contribution in [3.05, 3.63) is 40.3 Å². The molecule has 0 bridgehead atoms. The maximum atomic E-state index is 12.2. The van der Waals surface area contributed by atoms with Crippen molar-refractivity contribution in [2.45, 2.75) is 38.4 Å². The predicted molar refractivity (Wildman–Crippen MR) is 90.4 cm³/mol. The van der Waals surface area contributed by atoms with Crippen LogP contribution in [0.25, 0.3) is 0 Å². The fourth-order valence-corrected chi connectivity index (χ4v) is 2.91. The molecular weight excluding hydrogens is 314 g/mol. The number of carbonyl (C=O) groups is 1. The largest absolute Gasteiger partial charge is 0.494 e. The Labute approximate surface area is 139 Å². The first-order valence-corrected chi connectivity index (χ1v) is 8.68. The van der Waals surface area contributed by atoms with Crippen LogP contribution < -0.4 is 10.4 Å². The summed E-state index contributed by atoms with van der Waals surface area (Å²) in [6.07, 6.45) is 1.90. The van der Waals surface area contributed by atoms with Gasteiger partial charge in [-0.05, 0) is 37.6 Å². The second kappa shape index (κ2) is 8.57. The van der Waals surface area contributed by atoms with Crippen LogP contribution in [0.3, 0.4) is 0 Å².